The minimum absolute atomic E-state index is 0.419. The van der Waals surface area contributed by atoms with Gasteiger partial charge in [-0.3, -0.25) is 4.79 Å². The summed E-state index contributed by atoms with van der Waals surface area (Å²) in [6, 6.07) is -0.596. The topological polar surface area (TPSA) is 97.1 Å². The zero-order valence-corrected chi connectivity index (χ0v) is 9.34. The fourth-order valence-corrected chi connectivity index (χ4v) is 1.00. The molecule has 16 heavy (non-hydrogen) atoms. The van der Waals surface area contributed by atoms with Crippen molar-refractivity contribution >= 4 is 11.9 Å². The molecule has 0 aliphatic rings. The lowest BCUT2D eigenvalue weighted by Crippen LogP contribution is -2.51. The molecule has 1 rings (SSSR count). The first kappa shape index (κ1) is 12.2. The Morgan fingerprint density at radius 1 is 1.50 bits per heavy atom. The molecule has 1 amide bonds. The lowest BCUT2D eigenvalue weighted by molar-refractivity contribution is -0.146. The molecule has 0 radical (unpaired) electrons. The van der Waals surface area contributed by atoms with Crippen molar-refractivity contribution in [1.82, 2.24) is 20.1 Å². The highest BCUT2D eigenvalue weighted by Gasteiger charge is 2.31. The summed E-state index contributed by atoms with van der Waals surface area (Å²) in [5, 5.41) is 15.1. The maximum atomic E-state index is 11.7. The number of amides is 1. The molecule has 7 heteroatoms. The number of carbonyl (C=O) groups excluding carboxylic acids is 1. The highest BCUT2D eigenvalue weighted by molar-refractivity contribution is 5.87. The van der Waals surface area contributed by atoms with E-state index in [9.17, 15) is 9.59 Å². The number of carboxylic acid groups (broad SMARTS) is 1. The maximum absolute atomic E-state index is 11.7. The quantitative estimate of drug-likeness (QED) is 0.742. The Kier molecular flexibility index (Phi) is 3.26. The molecule has 1 unspecified atom stereocenters. The fourth-order valence-electron chi connectivity index (χ4n) is 1.00. The second kappa shape index (κ2) is 4.30. The summed E-state index contributed by atoms with van der Waals surface area (Å²) in [6.07, 6.45) is 2.71. The summed E-state index contributed by atoms with van der Waals surface area (Å²) in [5.74, 6) is -1.51. The molecule has 88 valence electrons. The van der Waals surface area contributed by atoms with Crippen molar-refractivity contribution in [2.75, 3.05) is 0 Å². The van der Waals surface area contributed by atoms with Gasteiger partial charge in [0.05, 0.1) is 0 Å². The van der Waals surface area contributed by atoms with Crippen molar-refractivity contribution in [2.24, 2.45) is 0 Å². The first-order chi connectivity index (χ1) is 7.34. The van der Waals surface area contributed by atoms with Crippen molar-refractivity contribution in [2.45, 2.75) is 32.4 Å². The molecular weight excluding hydrogens is 212 g/mol. The molecule has 1 aromatic rings. The summed E-state index contributed by atoms with van der Waals surface area (Å²) in [5.41, 5.74) is -1.30. The Hall–Kier alpha value is -1.92. The maximum Gasteiger partial charge on any atom is 0.328 e. The number of nitrogens with one attached hydrogen (secondary N) is 1. The van der Waals surface area contributed by atoms with Crippen LogP contribution in [0.15, 0.2) is 12.7 Å². The minimum atomic E-state index is -1.30. The van der Waals surface area contributed by atoms with Gasteiger partial charge in [0.1, 0.15) is 24.2 Å². The summed E-state index contributed by atoms with van der Waals surface area (Å²) in [6.45, 7) is 4.45. The van der Waals surface area contributed by atoms with Gasteiger partial charge in [-0.1, -0.05) is 0 Å². The molecule has 0 aromatic carbocycles. The van der Waals surface area contributed by atoms with Crippen molar-refractivity contribution in [3.8, 4) is 0 Å². The summed E-state index contributed by atoms with van der Waals surface area (Å²) >= 11 is 0. The van der Waals surface area contributed by atoms with E-state index in [4.69, 9.17) is 5.11 Å². The Morgan fingerprint density at radius 3 is 2.56 bits per heavy atom. The Bertz CT molecular complexity index is 385. The number of nitrogens with zero attached hydrogens (tertiary/aromatic N) is 3. The zero-order chi connectivity index (χ0) is 12.3. The van der Waals surface area contributed by atoms with Gasteiger partial charge in [-0.25, -0.2) is 14.5 Å². The van der Waals surface area contributed by atoms with Gasteiger partial charge in [0.25, 0.3) is 0 Å². The number of rotatable bonds is 4. The fraction of sp³-hybridized carbons (Fsp3) is 0.556. The van der Waals surface area contributed by atoms with Gasteiger partial charge in [-0.15, -0.1) is 0 Å². The van der Waals surface area contributed by atoms with Gasteiger partial charge in [0.2, 0.25) is 5.91 Å². The van der Waals surface area contributed by atoms with Gasteiger partial charge in [0.15, 0.2) is 0 Å². The normalized spacial score (nSPS) is 13.2. The Morgan fingerprint density at radius 2 is 2.12 bits per heavy atom. The molecule has 0 fully saturated rings. The van der Waals surface area contributed by atoms with Gasteiger partial charge in [-0.05, 0) is 20.8 Å². The number of carbonyl (C=O) groups is 2. The van der Waals surface area contributed by atoms with Crippen LogP contribution in [0.1, 0.15) is 26.8 Å². The van der Waals surface area contributed by atoms with Crippen molar-refractivity contribution in [1.29, 1.82) is 0 Å². The van der Waals surface area contributed by atoms with E-state index in [-0.39, 0.29) is 0 Å². The SMILES string of the molecule is CC(C(=O)NC(C)(C)C(=O)O)n1cncn1. The molecule has 0 saturated heterocycles. The summed E-state index contributed by atoms with van der Waals surface area (Å²) < 4.78 is 1.35. The standard InChI is InChI=1S/C9H14N4O3/c1-6(13-5-10-4-11-13)7(14)12-9(2,3)8(15)16/h4-6H,1-3H3,(H,12,14)(H,15,16). The highest BCUT2D eigenvalue weighted by atomic mass is 16.4. The van der Waals surface area contributed by atoms with E-state index in [1.165, 1.54) is 31.2 Å². The highest BCUT2D eigenvalue weighted by Crippen LogP contribution is 2.07. The Balaban J connectivity index is 2.70. The first-order valence-corrected chi connectivity index (χ1v) is 4.74. The van der Waals surface area contributed by atoms with Crippen LogP contribution in [-0.2, 0) is 9.59 Å². The molecule has 0 aliphatic carbocycles. The summed E-state index contributed by atoms with van der Waals surface area (Å²) in [7, 11) is 0. The third-order valence-corrected chi connectivity index (χ3v) is 2.18. The van der Waals surface area contributed by atoms with Crippen LogP contribution in [0, 0.1) is 0 Å². The monoisotopic (exact) mass is 226 g/mol. The van der Waals surface area contributed by atoms with Crippen LogP contribution >= 0.6 is 0 Å². The van der Waals surface area contributed by atoms with Crippen LogP contribution < -0.4 is 5.32 Å². The molecule has 0 spiro atoms. The largest absolute Gasteiger partial charge is 0.480 e. The summed E-state index contributed by atoms with van der Waals surface area (Å²) in [4.78, 5) is 26.2. The zero-order valence-electron chi connectivity index (χ0n) is 9.34. The average molecular weight is 226 g/mol. The van der Waals surface area contributed by atoms with Crippen LogP contribution in [0.4, 0.5) is 0 Å². The van der Waals surface area contributed by atoms with Crippen molar-refractivity contribution in [3.63, 3.8) is 0 Å². The molecule has 1 aromatic heterocycles. The number of aliphatic carboxylic acids is 1. The van der Waals surface area contributed by atoms with Crippen LogP contribution in [0.2, 0.25) is 0 Å². The van der Waals surface area contributed by atoms with Gasteiger partial charge in [0, 0.05) is 0 Å². The van der Waals surface area contributed by atoms with E-state index in [0.29, 0.717) is 0 Å². The average Bonchev–Trinajstić information content (AvgIpc) is 2.68. The predicted octanol–water partition coefficient (Wildman–Crippen LogP) is -0.182. The van der Waals surface area contributed by atoms with E-state index in [1.54, 1.807) is 6.92 Å². The number of hydrogen-bond donors (Lipinski definition) is 2. The number of aromatic nitrogens is 3. The smallest absolute Gasteiger partial charge is 0.328 e. The molecule has 0 bridgehead atoms. The lowest BCUT2D eigenvalue weighted by atomic mass is 10.1. The second-order valence-electron chi connectivity index (χ2n) is 3.97. The molecule has 1 heterocycles. The van der Waals surface area contributed by atoms with Crippen LogP contribution in [0.3, 0.4) is 0 Å². The van der Waals surface area contributed by atoms with E-state index >= 15 is 0 Å². The van der Waals surface area contributed by atoms with Gasteiger partial charge < -0.3 is 10.4 Å². The molecular formula is C9H14N4O3. The van der Waals surface area contributed by atoms with E-state index < -0.39 is 23.5 Å². The first-order valence-electron chi connectivity index (χ1n) is 4.74. The number of carboxylic acids is 1. The minimum Gasteiger partial charge on any atom is -0.480 e. The molecule has 0 aliphatic heterocycles. The predicted molar refractivity (Wildman–Crippen MR) is 54.6 cm³/mol. The van der Waals surface area contributed by atoms with Crippen LogP contribution in [-0.4, -0.2) is 37.3 Å². The molecule has 0 saturated carbocycles. The lowest BCUT2D eigenvalue weighted by Gasteiger charge is -2.23. The van der Waals surface area contributed by atoms with E-state index in [2.05, 4.69) is 15.4 Å². The van der Waals surface area contributed by atoms with E-state index in [0.717, 1.165) is 0 Å². The van der Waals surface area contributed by atoms with Crippen molar-refractivity contribution in [3.05, 3.63) is 12.7 Å². The van der Waals surface area contributed by atoms with Crippen molar-refractivity contribution < 1.29 is 14.7 Å². The van der Waals surface area contributed by atoms with Crippen LogP contribution in [0.5, 0.6) is 0 Å². The van der Waals surface area contributed by atoms with Gasteiger partial charge >= 0.3 is 5.97 Å². The number of hydrogen-bond acceptors (Lipinski definition) is 4. The Labute approximate surface area is 92.5 Å². The molecule has 7 nitrogen and oxygen atoms in total. The van der Waals surface area contributed by atoms with E-state index in [1.807, 2.05) is 0 Å². The third-order valence-electron chi connectivity index (χ3n) is 2.18. The molecule has 1 atom stereocenters. The van der Waals surface area contributed by atoms with Crippen LogP contribution in [0.25, 0.3) is 0 Å². The second-order valence-corrected chi connectivity index (χ2v) is 3.97. The third kappa shape index (κ3) is 2.56. The molecule has 2 N–H and O–H groups in total. The van der Waals surface area contributed by atoms with Gasteiger partial charge in [-0.2, -0.15) is 5.10 Å².